The zero-order valence-corrected chi connectivity index (χ0v) is 51.4. The van der Waals surface area contributed by atoms with Gasteiger partial charge in [-0.05, 0) is 183 Å². The Morgan fingerprint density at radius 1 is 0.117 bits per heavy atom. The topological polar surface area (TPSA) is 19.7 Å². The first-order valence-electron chi connectivity index (χ1n) is 32.3. The lowest BCUT2D eigenvalue weighted by Crippen LogP contribution is -1.94. The van der Waals surface area contributed by atoms with E-state index in [4.69, 9.17) is 0 Å². The largest absolute Gasteiger partial charge is 0.309 e. The second-order valence-electron chi connectivity index (χ2n) is 24.4. The van der Waals surface area contributed by atoms with Crippen molar-refractivity contribution in [2.45, 2.75) is 0 Å². The third-order valence-electron chi connectivity index (χ3n) is 19.0. The summed E-state index contributed by atoms with van der Waals surface area (Å²) < 4.78 is 9.57. The summed E-state index contributed by atoms with van der Waals surface area (Å²) in [6.45, 7) is 0. The maximum Gasteiger partial charge on any atom is 0.0547 e. The Morgan fingerprint density at radius 2 is 0.351 bits per heavy atom. The van der Waals surface area contributed by atoms with Crippen LogP contribution in [0.3, 0.4) is 0 Å². The molecule has 19 rings (SSSR count). The first-order valence-corrected chi connectivity index (χ1v) is 32.3. The summed E-state index contributed by atoms with van der Waals surface area (Å²) in [7, 11) is 0. The molecule has 0 saturated carbocycles. The summed E-state index contributed by atoms with van der Waals surface area (Å²) >= 11 is 0. The molecule has 0 spiro atoms. The van der Waals surface area contributed by atoms with Gasteiger partial charge in [0.1, 0.15) is 0 Å². The SMILES string of the molecule is c1ccc(-c2ccc3c4cc(-c5ccc6c(c5)c5ccccc5n6-c5ccccc5)ccc4n(-c4ccccc4)c3c2)cc1.c1ccc(-c2cccc(-n3c4ccc(-c5ccccc5)cc4c4cc(-c5ccc6c(c5)c5ccccc5n6-c5ccccc5)ccc43)c2)cc1. The summed E-state index contributed by atoms with van der Waals surface area (Å²) in [6, 6.07) is 132. The molecule has 0 radical (unpaired) electrons. The van der Waals surface area contributed by atoms with Gasteiger partial charge in [-0.2, -0.15) is 0 Å². The normalized spacial score (nSPS) is 11.6. The fourth-order valence-electron chi connectivity index (χ4n) is 14.6. The van der Waals surface area contributed by atoms with Crippen molar-refractivity contribution >= 4 is 87.2 Å². The van der Waals surface area contributed by atoms with E-state index in [1.807, 2.05) is 0 Å². The molecule has 0 unspecified atom stereocenters. The number of fused-ring (bicyclic) bond motifs is 12. The highest BCUT2D eigenvalue weighted by Crippen LogP contribution is 2.43. The minimum atomic E-state index is 1.15. The van der Waals surface area contributed by atoms with Gasteiger partial charge in [-0.25, -0.2) is 0 Å². The molecule has 0 saturated heterocycles. The monoisotopic (exact) mass is 1200 g/mol. The Kier molecular flexibility index (Phi) is 13.2. The van der Waals surface area contributed by atoms with Crippen molar-refractivity contribution < 1.29 is 0 Å². The number of hydrogen-bond acceptors (Lipinski definition) is 0. The van der Waals surface area contributed by atoms with Crippen LogP contribution in [0.1, 0.15) is 0 Å². The van der Waals surface area contributed by atoms with Crippen molar-refractivity contribution in [3.63, 3.8) is 0 Å². The third-order valence-corrected chi connectivity index (χ3v) is 19.0. The van der Waals surface area contributed by atoms with E-state index < -0.39 is 0 Å². The quantitative estimate of drug-likeness (QED) is 0.137. The van der Waals surface area contributed by atoms with Gasteiger partial charge in [-0.3, -0.25) is 0 Å². The minimum absolute atomic E-state index is 1.15. The van der Waals surface area contributed by atoms with Gasteiger partial charge in [0.05, 0.1) is 44.1 Å². The molecule has 0 aliphatic carbocycles. The maximum atomic E-state index is 2.42. The lowest BCUT2D eigenvalue weighted by molar-refractivity contribution is 1.18. The zero-order valence-electron chi connectivity index (χ0n) is 51.4. The molecule has 0 fully saturated rings. The number of nitrogens with zero attached hydrogens (tertiary/aromatic N) is 4. The van der Waals surface area contributed by atoms with Crippen LogP contribution in [0.15, 0.2) is 364 Å². The van der Waals surface area contributed by atoms with Crippen molar-refractivity contribution in [1.29, 1.82) is 0 Å². The molecule has 15 aromatic carbocycles. The van der Waals surface area contributed by atoms with E-state index in [1.165, 1.54) is 160 Å². The van der Waals surface area contributed by atoms with E-state index in [2.05, 4.69) is 382 Å². The van der Waals surface area contributed by atoms with Crippen LogP contribution in [0.4, 0.5) is 0 Å². The summed E-state index contributed by atoms with van der Waals surface area (Å²) in [5.74, 6) is 0. The maximum absolute atomic E-state index is 2.42. The van der Waals surface area contributed by atoms with Crippen molar-refractivity contribution in [2.75, 3.05) is 0 Å². The van der Waals surface area contributed by atoms with Crippen molar-refractivity contribution in [3.8, 4) is 78.4 Å². The van der Waals surface area contributed by atoms with Gasteiger partial charge in [0, 0.05) is 65.8 Å². The Balaban J connectivity index is 0.000000139. The molecule has 4 heteroatoms. The molecule has 440 valence electrons. The summed E-state index contributed by atoms with van der Waals surface area (Å²) in [5.41, 5.74) is 26.5. The Morgan fingerprint density at radius 3 is 0.734 bits per heavy atom. The van der Waals surface area contributed by atoms with Crippen LogP contribution in [0.25, 0.3) is 166 Å². The molecular formula is C90H60N4. The minimum Gasteiger partial charge on any atom is -0.309 e. The Labute approximate surface area is 544 Å². The molecule has 0 bridgehead atoms. The highest BCUT2D eigenvalue weighted by molar-refractivity contribution is 6.15. The van der Waals surface area contributed by atoms with Crippen LogP contribution in [0, 0.1) is 0 Å². The van der Waals surface area contributed by atoms with Gasteiger partial charge in [0.15, 0.2) is 0 Å². The predicted molar refractivity (Wildman–Crippen MR) is 397 cm³/mol. The highest BCUT2D eigenvalue weighted by Gasteiger charge is 2.20. The predicted octanol–water partition coefficient (Wildman–Crippen LogP) is 24.1. The van der Waals surface area contributed by atoms with Crippen LogP contribution in [0.2, 0.25) is 0 Å². The molecule has 0 amide bonds. The van der Waals surface area contributed by atoms with Crippen molar-refractivity contribution in [1.82, 2.24) is 18.3 Å². The van der Waals surface area contributed by atoms with Gasteiger partial charge in [0.25, 0.3) is 0 Å². The van der Waals surface area contributed by atoms with Crippen LogP contribution in [-0.4, -0.2) is 18.3 Å². The van der Waals surface area contributed by atoms with Crippen LogP contribution < -0.4 is 0 Å². The number of para-hydroxylation sites is 5. The third kappa shape index (κ3) is 9.30. The number of hydrogen-bond donors (Lipinski definition) is 0. The van der Waals surface area contributed by atoms with E-state index in [-0.39, 0.29) is 0 Å². The smallest absolute Gasteiger partial charge is 0.0547 e. The Hall–Kier alpha value is -12.5. The average molecular weight is 1200 g/mol. The van der Waals surface area contributed by atoms with Crippen LogP contribution in [0.5, 0.6) is 0 Å². The molecule has 4 aromatic heterocycles. The molecule has 94 heavy (non-hydrogen) atoms. The zero-order chi connectivity index (χ0) is 62.1. The van der Waals surface area contributed by atoms with Crippen molar-refractivity contribution in [2.24, 2.45) is 0 Å². The standard InChI is InChI=1S/C48H32N2.C42H28N2/c1-4-13-33(14-5-1)35-17-12-20-40(29-35)50-47-26-23-36(34-15-6-2-7-16-34)30-43(47)44-32-38(25-28-48(44)50)37-24-27-46-42(31-37)41-21-10-11-22-45(41)49(46)39-18-8-3-9-19-39;1-4-12-29(13-5-1)32-20-23-36-38-27-31(22-25-41(38)44(42(36)28-32)34-16-8-3-9-17-34)30-21-24-40-37(26-30)35-18-10-11-19-39(35)43(40)33-14-6-2-7-15-33/h1-32H;1-28H. The molecular weight excluding hydrogens is 1140 g/mol. The molecule has 0 aliphatic rings. The summed E-state index contributed by atoms with van der Waals surface area (Å²) in [5, 5.41) is 10.1. The molecule has 4 nitrogen and oxygen atoms in total. The highest BCUT2D eigenvalue weighted by atomic mass is 15.0. The van der Waals surface area contributed by atoms with Gasteiger partial charge < -0.3 is 18.3 Å². The first kappa shape index (κ1) is 54.4. The molecule has 19 aromatic rings. The number of rotatable bonds is 9. The van der Waals surface area contributed by atoms with Crippen LogP contribution in [-0.2, 0) is 0 Å². The first-order chi connectivity index (χ1) is 46.6. The summed E-state index contributed by atoms with van der Waals surface area (Å²) in [6.07, 6.45) is 0. The fraction of sp³-hybridized carbons (Fsp3) is 0. The second-order valence-corrected chi connectivity index (χ2v) is 24.4. The van der Waals surface area contributed by atoms with E-state index in [1.54, 1.807) is 0 Å². The lowest BCUT2D eigenvalue weighted by Gasteiger charge is -2.11. The number of benzene rings is 15. The lowest BCUT2D eigenvalue weighted by atomic mass is 9.99. The van der Waals surface area contributed by atoms with E-state index in [0.717, 1.165) is 5.69 Å². The van der Waals surface area contributed by atoms with Crippen LogP contribution >= 0.6 is 0 Å². The number of aromatic nitrogens is 4. The fourth-order valence-corrected chi connectivity index (χ4v) is 14.6. The van der Waals surface area contributed by atoms with Gasteiger partial charge in [0.2, 0.25) is 0 Å². The molecule has 0 aliphatic heterocycles. The van der Waals surface area contributed by atoms with Gasteiger partial charge in [-0.15, -0.1) is 0 Å². The molecule has 0 N–H and O–H groups in total. The van der Waals surface area contributed by atoms with E-state index >= 15 is 0 Å². The molecule has 0 atom stereocenters. The summed E-state index contributed by atoms with van der Waals surface area (Å²) in [4.78, 5) is 0. The average Bonchev–Trinajstić information content (AvgIpc) is 1.61. The van der Waals surface area contributed by atoms with Crippen molar-refractivity contribution in [3.05, 3.63) is 364 Å². The van der Waals surface area contributed by atoms with Gasteiger partial charge >= 0.3 is 0 Å². The molecule has 4 heterocycles. The van der Waals surface area contributed by atoms with E-state index in [9.17, 15) is 0 Å². The van der Waals surface area contributed by atoms with E-state index in [0.29, 0.717) is 0 Å². The van der Waals surface area contributed by atoms with Gasteiger partial charge in [-0.1, -0.05) is 237 Å². The second kappa shape index (κ2) is 22.8. The Bertz CT molecular complexity index is 6060.